The zero-order chi connectivity index (χ0) is 18.5. The molecule has 0 aliphatic carbocycles. The molecule has 0 N–H and O–H groups in total. The highest BCUT2D eigenvalue weighted by Gasteiger charge is 2.12. The highest BCUT2D eigenvalue weighted by atomic mass is 35.5. The summed E-state index contributed by atoms with van der Waals surface area (Å²) >= 11 is 9.59. The van der Waals surface area contributed by atoms with Crippen LogP contribution in [0.4, 0.5) is 5.69 Å². The second-order valence-electron chi connectivity index (χ2n) is 6.43. The number of morpholine rings is 1. The lowest BCUT2D eigenvalue weighted by Crippen LogP contribution is -2.37. The van der Waals surface area contributed by atoms with Crippen LogP contribution in [0.2, 0.25) is 5.02 Å². The summed E-state index contributed by atoms with van der Waals surface area (Å²) < 4.78 is 7.79. The maximum Gasteiger partial charge on any atom is 0.190 e. The molecule has 1 aliphatic heterocycles. The monoisotopic (exact) mass is 419 g/mol. The Morgan fingerprint density at radius 3 is 2.74 bits per heavy atom. The Morgan fingerprint density at radius 1 is 1.07 bits per heavy atom. The maximum absolute atomic E-state index is 6.13. The van der Waals surface area contributed by atoms with Crippen molar-refractivity contribution in [1.29, 1.82) is 0 Å². The molecule has 0 radical (unpaired) electrons. The molecule has 1 aliphatic rings. The third kappa shape index (κ3) is 4.89. The van der Waals surface area contributed by atoms with Crippen molar-refractivity contribution in [3.05, 3.63) is 57.0 Å². The van der Waals surface area contributed by atoms with Crippen LogP contribution in [0, 0.1) is 0 Å². The number of aromatic nitrogens is 1. The van der Waals surface area contributed by atoms with E-state index in [1.54, 1.807) is 22.7 Å². The predicted molar refractivity (Wildman–Crippen MR) is 114 cm³/mol. The van der Waals surface area contributed by atoms with E-state index in [1.165, 1.54) is 10.6 Å². The average molecular weight is 420 g/mol. The van der Waals surface area contributed by atoms with E-state index in [0.29, 0.717) is 5.02 Å². The molecule has 0 saturated carbocycles. The van der Waals surface area contributed by atoms with Crippen molar-refractivity contribution in [1.82, 2.24) is 9.47 Å². The van der Waals surface area contributed by atoms with Gasteiger partial charge in [-0.25, -0.2) is 4.99 Å². The molecule has 0 amide bonds. The smallest absolute Gasteiger partial charge is 0.190 e. The minimum absolute atomic E-state index is 0.713. The summed E-state index contributed by atoms with van der Waals surface area (Å²) in [6, 6.07) is 12.0. The van der Waals surface area contributed by atoms with Crippen LogP contribution < -0.4 is 4.80 Å². The van der Waals surface area contributed by atoms with Crippen LogP contribution in [0.5, 0.6) is 0 Å². The molecule has 4 nitrogen and oxygen atoms in total. The number of benzene rings is 1. The molecule has 7 heteroatoms. The van der Waals surface area contributed by atoms with Gasteiger partial charge in [-0.2, -0.15) is 0 Å². The van der Waals surface area contributed by atoms with Gasteiger partial charge in [0.15, 0.2) is 4.80 Å². The number of halogens is 1. The third-order valence-electron chi connectivity index (χ3n) is 4.56. The molecule has 1 saturated heterocycles. The van der Waals surface area contributed by atoms with Crippen molar-refractivity contribution in [2.75, 3.05) is 32.8 Å². The molecule has 3 heterocycles. The lowest BCUT2D eigenvalue weighted by molar-refractivity contribution is 0.0369. The standard InChI is InChI=1S/C20H22ClN3OS2/c21-16-4-1-5-17(14-16)22-20-24(8-3-7-23-9-11-25-12-10-23)18(15-27-20)19-6-2-13-26-19/h1-2,4-6,13-15H,3,7-12H2. The van der Waals surface area contributed by atoms with Crippen LogP contribution >= 0.6 is 34.3 Å². The molecule has 4 rings (SSSR count). The van der Waals surface area contributed by atoms with Gasteiger partial charge in [-0.1, -0.05) is 23.7 Å². The number of hydrogen-bond acceptors (Lipinski definition) is 5. The lowest BCUT2D eigenvalue weighted by Gasteiger charge is -2.26. The fraction of sp³-hybridized carbons (Fsp3) is 0.350. The van der Waals surface area contributed by atoms with Crippen LogP contribution in [0.15, 0.2) is 52.2 Å². The van der Waals surface area contributed by atoms with Gasteiger partial charge in [-0.05, 0) is 36.1 Å². The summed E-state index contributed by atoms with van der Waals surface area (Å²) in [6.07, 6.45) is 1.10. The highest BCUT2D eigenvalue weighted by Crippen LogP contribution is 2.26. The first-order valence-electron chi connectivity index (χ1n) is 9.12. The van der Waals surface area contributed by atoms with E-state index in [2.05, 4.69) is 32.4 Å². The van der Waals surface area contributed by atoms with E-state index in [-0.39, 0.29) is 0 Å². The summed E-state index contributed by atoms with van der Waals surface area (Å²) in [5.74, 6) is 0. The summed E-state index contributed by atoms with van der Waals surface area (Å²) in [5, 5.41) is 5.05. The lowest BCUT2D eigenvalue weighted by atomic mass is 10.3. The Kier molecular flexibility index (Phi) is 6.42. The second kappa shape index (κ2) is 9.17. The van der Waals surface area contributed by atoms with Crippen molar-refractivity contribution in [2.24, 2.45) is 4.99 Å². The van der Waals surface area contributed by atoms with Gasteiger partial charge in [0.2, 0.25) is 0 Å². The van der Waals surface area contributed by atoms with Gasteiger partial charge in [0, 0.05) is 36.6 Å². The Bertz CT molecular complexity index is 927. The number of rotatable bonds is 6. The third-order valence-corrected chi connectivity index (χ3v) is 6.56. The highest BCUT2D eigenvalue weighted by molar-refractivity contribution is 7.14. The first kappa shape index (κ1) is 18.9. The van der Waals surface area contributed by atoms with Crippen LogP contribution in [0.3, 0.4) is 0 Å². The first-order valence-corrected chi connectivity index (χ1v) is 11.3. The summed E-state index contributed by atoms with van der Waals surface area (Å²) in [6.45, 7) is 5.81. The molecule has 2 aromatic heterocycles. The van der Waals surface area contributed by atoms with Gasteiger partial charge in [-0.3, -0.25) is 4.90 Å². The molecule has 3 aromatic rings. The fourth-order valence-corrected chi connectivity index (χ4v) is 5.15. The van der Waals surface area contributed by atoms with E-state index in [4.69, 9.17) is 21.3 Å². The molecular formula is C20H22ClN3OS2. The van der Waals surface area contributed by atoms with E-state index in [9.17, 15) is 0 Å². The van der Waals surface area contributed by atoms with Crippen LogP contribution in [0.1, 0.15) is 6.42 Å². The molecular weight excluding hydrogens is 398 g/mol. The minimum atomic E-state index is 0.713. The molecule has 0 unspecified atom stereocenters. The number of hydrogen-bond donors (Lipinski definition) is 0. The van der Waals surface area contributed by atoms with Gasteiger partial charge in [-0.15, -0.1) is 22.7 Å². The van der Waals surface area contributed by atoms with E-state index < -0.39 is 0 Å². The van der Waals surface area contributed by atoms with Crippen molar-refractivity contribution in [3.8, 4) is 10.6 Å². The minimum Gasteiger partial charge on any atom is -0.379 e. The molecule has 142 valence electrons. The molecule has 1 fully saturated rings. The van der Waals surface area contributed by atoms with Crippen molar-refractivity contribution in [2.45, 2.75) is 13.0 Å². The van der Waals surface area contributed by atoms with Crippen molar-refractivity contribution in [3.63, 3.8) is 0 Å². The molecule has 0 spiro atoms. The molecule has 27 heavy (non-hydrogen) atoms. The Labute approximate surface area is 172 Å². The predicted octanol–water partition coefficient (Wildman–Crippen LogP) is 4.89. The summed E-state index contributed by atoms with van der Waals surface area (Å²) in [5.41, 5.74) is 2.14. The number of thiophene rings is 1. The van der Waals surface area contributed by atoms with Gasteiger partial charge in [0.1, 0.15) is 0 Å². The van der Waals surface area contributed by atoms with E-state index >= 15 is 0 Å². The molecule has 1 aromatic carbocycles. The van der Waals surface area contributed by atoms with Gasteiger partial charge < -0.3 is 9.30 Å². The SMILES string of the molecule is Clc1cccc(N=c2scc(-c3cccs3)n2CCCN2CCOCC2)c1. The van der Waals surface area contributed by atoms with E-state index in [1.807, 2.05) is 24.3 Å². The number of ether oxygens (including phenoxy) is 1. The van der Waals surface area contributed by atoms with Crippen LogP contribution in [0.25, 0.3) is 10.6 Å². The second-order valence-corrected chi connectivity index (χ2v) is 8.65. The summed E-state index contributed by atoms with van der Waals surface area (Å²) in [7, 11) is 0. The zero-order valence-corrected chi connectivity index (χ0v) is 17.4. The summed E-state index contributed by atoms with van der Waals surface area (Å²) in [4.78, 5) is 9.65. The van der Waals surface area contributed by atoms with E-state index in [0.717, 1.165) is 56.3 Å². The van der Waals surface area contributed by atoms with Gasteiger partial charge in [0.25, 0.3) is 0 Å². The topological polar surface area (TPSA) is 29.8 Å². The van der Waals surface area contributed by atoms with Gasteiger partial charge in [0.05, 0.1) is 29.5 Å². The zero-order valence-electron chi connectivity index (χ0n) is 15.0. The average Bonchev–Trinajstić information content (AvgIpc) is 3.33. The molecule has 0 atom stereocenters. The fourth-order valence-electron chi connectivity index (χ4n) is 3.19. The number of thiazole rings is 1. The first-order chi connectivity index (χ1) is 13.3. The van der Waals surface area contributed by atoms with Crippen molar-refractivity contribution >= 4 is 40.0 Å². The van der Waals surface area contributed by atoms with Crippen LogP contribution in [-0.4, -0.2) is 42.3 Å². The Hall–Kier alpha value is -1.44. The largest absolute Gasteiger partial charge is 0.379 e. The Morgan fingerprint density at radius 2 is 1.96 bits per heavy atom. The number of nitrogens with zero attached hydrogens (tertiary/aromatic N) is 3. The Balaban J connectivity index is 1.59. The van der Waals surface area contributed by atoms with Crippen molar-refractivity contribution < 1.29 is 4.74 Å². The quantitative estimate of drug-likeness (QED) is 0.569. The van der Waals surface area contributed by atoms with Gasteiger partial charge >= 0.3 is 0 Å². The van der Waals surface area contributed by atoms with Crippen LogP contribution in [-0.2, 0) is 11.3 Å². The maximum atomic E-state index is 6.13. The normalized spacial score (nSPS) is 16.1. The molecule has 0 bridgehead atoms.